The molecule has 4 nitrogen and oxygen atoms in total. The zero-order valence-electron chi connectivity index (χ0n) is 11.8. The first-order chi connectivity index (χ1) is 9.70. The lowest BCUT2D eigenvalue weighted by Crippen LogP contribution is -2.35. The largest absolute Gasteiger partial charge is 0.377 e. The number of nitrogens with zero attached hydrogens (tertiary/aromatic N) is 1. The average molecular weight is 272 g/mol. The van der Waals surface area contributed by atoms with Gasteiger partial charge in [-0.15, -0.1) is 0 Å². The minimum absolute atomic E-state index is 0.0562. The monoisotopic (exact) mass is 272 g/mol. The highest BCUT2D eigenvalue weighted by atomic mass is 16.5. The summed E-state index contributed by atoms with van der Waals surface area (Å²) in [6.45, 7) is 4.45. The second-order valence-corrected chi connectivity index (χ2v) is 4.87. The fraction of sp³-hybridized carbons (Fsp3) is 0.438. The lowest BCUT2D eigenvalue weighted by molar-refractivity contribution is 0.0563. The maximum Gasteiger partial charge on any atom is 0.253 e. The molecule has 0 radical (unpaired) electrons. The van der Waals surface area contributed by atoms with Crippen LogP contribution < -0.4 is 5.73 Å². The predicted octanol–water partition coefficient (Wildman–Crippen LogP) is 1.25. The van der Waals surface area contributed by atoms with Gasteiger partial charge in [0.1, 0.15) is 0 Å². The van der Waals surface area contributed by atoms with Crippen molar-refractivity contribution in [2.24, 2.45) is 5.73 Å². The fourth-order valence-electron chi connectivity index (χ4n) is 2.21. The summed E-state index contributed by atoms with van der Waals surface area (Å²) in [6, 6.07) is 7.35. The molecule has 20 heavy (non-hydrogen) atoms. The van der Waals surface area contributed by atoms with E-state index in [0.29, 0.717) is 18.7 Å². The Bertz CT molecular complexity index is 514. The minimum atomic E-state index is 0.0562. The second-order valence-electron chi connectivity index (χ2n) is 4.87. The number of benzene rings is 1. The van der Waals surface area contributed by atoms with Gasteiger partial charge in [-0.05, 0) is 37.6 Å². The van der Waals surface area contributed by atoms with E-state index < -0.39 is 0 Å². The van der Waals surface area contributed by atoms with E-state index in [0.717, 1.165) is 25.1 Å². The lowest BCUT2D eigenvalue weighted by atomic mass is 10.1. The van der Waals surface area contributed by atoms with Crippen molar-refractivity contribution in [3.05, 3.63) is 35.4 Å². The van der Waals surface area contributed by atoms with Crippen LogP contribution in [-0.2, 0) is 4.74 Å². The molecule has 1 aliphatic heterocycles. The highest BCUT2D eigenvalue weighted by molar-refractivity contribution is 5.94. The van der Waals surface area contributed by atoms with Gasteiger partial charge in [0.15, 0.2) is 0 Å². The van der Waals surface area contributed by atoms with E-state index in [1.807, 2.05) is 36.1 Å². The van der Waals surface area contributed by atoms with Crippen LogP contribution in [-0.4, -0.2) is 43.2 Å². The molecule has 106 valence electrons. The molecule has 0 spiro atoms. The molecule has 4 heteroatoms. The van der Waals surface area contributed by atoms with E-state index >= 15 is 0 Å². The molecule has 2 N–H and O–H groups in total. The van der Waals surface area contributed by atoms with Crippen molar-refractivity contribution in [3.63, 3.8) is 0 Å². The molecule has 1 amide bonds. The Balaban J connectivity index is 2.08. The summed E-state index contributed by atoms with van der Waals surface area (Å²) in [5.74, 6) is 5.80. The molecule has 1 aromatic carbocycles. The Morgan fingerprint density at radius 3 is 2.90 bits per heavy atom. The second kappa shape index (κ2) is 7.09. The maximum atomic E-state index is 12.4. The summed E-state index contributed by atoms with van der Waals surface area (Å²) >= 11 is 0. The van der Waals surface area contributed by atoms with Gasteiger partial charge in [0.05, 0.1) is 12.6 Å². The van der Waals surface area contributed by atoms with Crippen molar-refractivity contribution >= 4 is 5.91 Å². The molecule has 2 rings (SSSR count). The first-order valence-corrected chi connectivity index (χ1v) is 6.90. The van der Waals surface area contributed by atoms with E-state index in [-0.39, 0.29) is 12.0 Å². The SMILES string of the molecule is CC1CN(C(=O)c2ccc(C#CCN)cc2)CCCO1. The summed E-state index contributed by atoms with van der Waals surface area (Å²) in [6.07, 6.45) is 0.979. The van der Waals surface area contributed by atoms with Gasteiger partial charge in [0, 0.05) is 30.8 Å². The van der Waals surface area contributed by atoms with Crippen LogP contribution in [0.4, 0.5) is 0 Å². The van der Waals surface area contributed by atoms with Crippen LogP contribution in [0.3, 0.4) is 0 Å². The number of rotatable bonds is 1. The van der Waals surface area contributed by atoms with Gasteiger partial charge >= 0.3 is 0 Å². The molecule has 0 aliphatic carbocycles. The lowest BCUT2D eigenvalue weighted by Gasteiger charge is -2.22. The van der Waals surface area contributed by atoms with Crippen molar-refractivity contribution in [3.8, 4) is 11.8 Å². The Morgan fingerprint density at radius 1 is 1.45 bits per heavy atom. The molecule has 0 aromatic heterocycles. The number of hydrogen-bond donors (Lipinski definition) is 1. The summed E-state index contributed by atoms with van der Waals surface area (Å²) < 4.78 is 5.56. The molecule has 1 atom stereocenters. The smallest absolute Gasteiger partial charge is 0.253 e. The highest BCUT2D eigenvalue weighted by Gasteiger charge is 2.20. The fourth-order valence-corrected chi connectivity index (χ4v) is 2.21. The van der Waals surface area contributed by atoms with Gasteiger partial charge in [-0.1, -0.05) is 11.8 Å². The number of hydrogen-bond acceptors (Lipinski definition) is 3. The predicted molar refractivity (Wildman–Crippen MR) is 78.3 cm³/mol. The molecule has 1 saturated heterocycles. The third-order valence-corrected chi connectivity index (χ3v) is 3.21. The van der Waals surface area contributed by atoms with Crippen LogP contribution >= 0.6 is 0 Å². The van der Waals surface area contributed by atoms with Crippen molar-refractivity contribution in [2.75, 3.05) is 26.2 Å². The van der Waals surface area contributed by atoms with Crippen molar-refractivity contribution in [1.29, 1.82) is 0 Å². The molecule has 1 fully saturated rings. The first-order valence-electron chi connectivity index (χ1n) is 6.90. The molecule has 1 aliphatic rings. The average Bonchev–Trinajstić information content (AvgIpc) is 2.69. The van der Waals surface area contributed by atoms with E-state index in [2.05, 4.69) is 11.8 Å². The summed E-state index contributed by atoms with van der Waals surface area (Å²) in [4.78, 5) is 14.3. The van der Waals surface area contributed by atoms with E-state index in [9.17, 15) is 4.79 Å². The Hall–Kier alpha value is -1.83. The Morgan fingerprint density at radius 2 is 2.20 bits per heavy atom. The molecule has 1 unspecified atom stereocenters. The van der Waals surface area contributed by atoms with Crippen LogP contribution in [0.2, 0.25) is 0 Å². The minimum Gasteiger partial charge on any atom is -0.377 e. The zero-order chi connectivity index (χ0) is 14.4. The van der Waals surface area contributed by atoms with Gasteiger partial charge in [0.25, 0.3) is 5.91 Å². The van der Waals surface area contributed by atoms with Gasteiger partial charge in [-0.3, -0.25) is 4.79 Å². The maximum absolute atomic E-state index is 12.4. The number of carbonyl (C=O) groups excluding carboxylic acids is 1. The van der Waals surface area contributed by atoms with E-state index in [1.165, 1.54) is 0 Å². The molecule has 0 bridgehead atoms. The van der Waals surface area contributed by atoms with Crippen LogP contribution in [0.1, 0.15) is 29.3 Å². The normalized spacial score (nSPS) is 18.9. The number of nitrogens with two attached hydrogens (primary N) is 1. The van der Waals surface area contributed by atoms with Gasteiger partial charge in [0.2, 0.25) is 0 Å². The van der Waals surface area contributed by atoms with Crippen LogP contribution in [0, 0.1) is 11.8 Å². The first kappa shape index (κ1) is 14.6. The Kier molecular flexibility index (Phi) is 5.16. The molecular weight excluding hydrogens is 252 g/mol. The third kappa shape index (κ3) is 3.83. The standard InChI is InChI=1S/C16H20N2O2/c1-13-12-18(10-3-11-20-13)16(19)15-7-5-14(6-8-15)4-2-9-17/h5-8,13H,3,9-12,17H2,1H3. The van der Waals surface area contributed by atoms with Crippen molar-refractivity contribution < 1.29 is 9.53 Å². The summed E-state index contributed by atoms with van der Waals surface area (Å²) in [5.41, 5.74) is 6.90. The molecule has 1 heterocycles. The topological polar surface area (TPSA) is 55.6 Å². The van der Waals surface area contributed by atoms with E-state index in [4.69, 9.17) is 10.5 Å². The number of ether oxygens (including phenoxy) is 1. The highest BCUT2D eigenvalue weighted by Crippen LogP contribution is 2.11. The van der Waals surface area contributed by atoms with Gasteiger partial charge < -0.3 is 15.4 Å². The number of amides is 1. The molecule has 1 aromatic rings. The van der Waals surface area contributed by atoms with Gasteiger partial charge in [-0.2, -0.15) is 0 Å². The van der Waals surface area contributed by atoms with Crippen LogP contribution in [0.15, 0.2) is 24.3 Å². The summed E-state index contributed by atoms with van der Waals surface area (Å²) in [5, 5.41) is 0. The van der Waals surface area contributed by atoms with Gasteiger partial charge in [-0.25, -0.2) is 0 Å². The van der Waals surface area contributed by atoms with Crippen LogP contribution in [0.5, 0.6) is 0 Å². The van der Waals surface area contributed by atoms with Crippen molar-refractivity contribution in [1.82, 2.24) is 4.90 Å². The number of carbonyl (C=O) groups is 1. The molecular formula is C16H20N2O2. The quantitative estimate of drug-likeness (QED) is 0.783. The third-order valence-electron chi connectivity index (χ3n) is 3.21. The van der Waals surface area contributed by atoms with E-state index in [1.54, 1.807) is 0 Å². The zero-order valence-corrected chi connectivity index (χ0v) is 11.8. The van der Waals surface area contributed by atoms with Crippen molar-refractivity contribution in [2.45, 2.75) is 19.4 Å². The van der Waals surface area contributed by atoms with Crippen LogP contribution in [0.25, 0.3) is 0 Å². The Labute approximate surface area is 119 Å². The molecule has 0 saturated carbocycles. The summed E-state index contributed by atoms with van der Waals surface area (Å²) in [7, 11) is 0.